The average molecular weight is 412 g/mol. The fourth-order valence-corrected chi connectivity index (χ4v) is 7.26. The Morgan fingerprint density at radius 3 is 2.59 bits per heavy atom. The summed E-state index contributed by atoms with van der Waals surface area (Å²) >= 11 is 0. The SMILES string of the molecule is C[C@@H]1C[C@H]2[C@@H]3CCC4=CC(=O)C=C[C@]4(C)[C@@]3(F)[C@@H](O)C[C@]2(C)[C@@]1(O)C(=O)CO.F. The van der Waals surface area contributed by atoms with E-state index in [0.29, 0.717) is 24.8 Å². The second kappa shape index (κ2) is 6.53. The van der Waals surface area contributed by atoms with Crippen LogP contribution in [0.1, 0.15) is 46.5 Å². The Morgan fingerprint density at radius 2 is 1.97 bits per heavy atom. The van der Waals surface area contributed by atoms with E-state index in [2.05, 4.69) is 0 Å². The summed E-state index contributed by atoms with van der Waals surface area (Å²) in [5.41, 5.74) is -5.17. The Balaban J connectivity index is 0.00000240. The average Bonchev–Trinajstić information content (AvgIpc) is 2.84. The molecule has 29 heavy (non-hydrogen) atoms. The van der Waals surface area contributed by atoms with Gasteiger partial charge in [0, 0.05) is 16.7 Å². The lowest BCUT2D eigenvalue weighted by Gasteiger charge is -2.62. The van der Waals surface area contributed by atoms with Crippen molar-refractivity contribution in [3.63, 3.8) is 0 Å². The molecule has 0 radical (unpaired) electrons. The number of Topliss-reactive ketones (excluding diaryl/α,β-unsaturated/α-hetero) is 1. The van der Waals surface area contributed by atoms with Crippen LogP contribution in [0.5, 0.6) is 0 Å². The molecular weight excluding hydrogens is 382 g/mol. The van der Waals surface area contributed by atoms with Gasteiger partial charge in [0.05, 0.1) is 6.10 Å². The Bertz CT molecular complexity index is 809. The summed E-state index contributed by atoms with van der Waals surface area (Å²) in [6, 6.07) is 0. The maximum Gasteiger partial charge on any atom is 0.190 e. The molecule has 0 unspecified atom stereocenters. The van der Waals surface area contributed by atoms with Gasteiger partial charge in [-0.05, 0) is 56.6 Å². The summed E-state index contributed by atoms with van der Waals surface area (Å²) in [4.78, 5) is 24.4. The number of allylic oxidation sites excluding steroid dienone is 4. The first-order chi connectivity index (χ1) is 13.0. The molecule has 0 spiro atoms. The Kier molecular flexibility index (Phi) is 5.01. The molecule has 0 aromatic rings. The minimum absolute atomic E-state index is 0. The monoisotopic (exact) mass is 412 g/mol. The second-order valence-electron chi connectivity index (χ2n) is 9.75. The number of carbonyl (C=O) groups is 2. The zero-order valence-corrected chi connectivity index (χ0v) is 17.0. The number of fused-ring (bicyclic) bond motifs is 5. The van der Waals surface area contributed by atoms with Crippen molar-refractivity contribution in [2.24, 2.45) is 28.6 Å². The molecule has 0 amide bonds. The third-order valence-corrected chi connectivity index (χ3v) is 8.79. The number of ketones is 2. The minimum atomic E-state index is -1.98. The lowest BCUT2D eigenvalue weighted by molar-refractivity contribution is -0.219. The van der Waals surface area contributed by atoms with Gasteiger partial charge in [-0.2, -0.15) is 0 Å². The van der Waals surface area contributed by atoms with Crippen LogP contribution < -0.4 is 0 Å². The fraction of sp³-hybridized carbons (Fsp3) is 0.727. The number of halogens is 2. The van der Waals surface area contributed by atoms with E-state index in [1.54, 1.807) is 26.8 Å². The van der Waals surface area contributed by atoms with Gasteiger partial charge in [-0.3, -0.25) is 14.3 Å². The molecule has 7 heteroatoms. The van der Waals surface area contributed by atoms with Gasteiger partial charge in [-0.25, -0.2) is 4.39 Å². The van der Waals surface area contributed by atoms with Crippen molar-refractivity contribution in [1.29, 1.82) is 0 Å². The number of hydrogen-bond donors (Lipinski definition) is 3. The van der Waals surface area contributed by atoms with Crippen LogP contribution in [-0.4, -0.2) is 50.9 Å². The summed E-state index contributed by atoms with van der Waals surface area (Å²) in [6.07, 6.45) is 4.44. The zero-order valence-electron chi connectivity index (χ0n) is 17.0. The summed E-state index contributed by atoms with van der Waals surface area (Å²) in [7, 11) is 0. The van der Waals surface area contributed by atoms with Crippen LogP contribution in [0.15, 0.2) is 23.8 Å². The molecule has 3 saturated carbocycles. The Hall–Kier alpha value is -1.44. The molecule has 0 heterocycles. The van der Waals surface area contributed by atoms with Crippen molar-refractivity contribution in [3.05, 3.63) is 23.8 Å². The van der Waals surface area contributed by atoms with Crippen LogP contribution in [0, 0.1) is 28.6 Å². The standard InChI is InChI=1S/C22H29FO5.FH/c1-12-8-16-15-5-4-13-9-14(25)6-7-19(13,2)21(15,23)17(26)10-20(16,3)22(12,28)18(27)11-24;/h6-7,9,12,15-17,24,26,28H,4-5,8,10-11H2,1-3H3;1H/t12-,15+,16+,17+,19+,20+,21+,22+;/m1./s1. The highest BCUT2D eigenvalue weighted by molar-refractivity contribution is 6.01. The molecule has 4 aliphatic carbocycles. The lowest BCUT2D eigenvalue weighted by Crippen LogP contribution is -2.69. The molecule has 0 saturated heterocycles. The van der Waals surface area contributed by atoms with E-state index in [1.807, 2.05) is 0 Å². The van der Waals surface area contributed by atoms with Gasteiger partial charge in [-0.15, -0.1) is 0 Å². The van der Waals surface area contributed by atoms with Gasteiger partial charge < -0.3 is 15.3 Å². The molecule has 0 bridgehead atoms. The first-order valence-corrected chi connectivity index (χ1v) is 10.1. The van der Waals surface area contributed by atoms with E-state index in [0.717, 1.165) is 0 Å². The highest BCUT2D eigenvalue weighted by atomic mass is 19.1. The van der Waals surface area contributed by atoms with Crippen molar-refractivity contribution in [2.75, 3.05) is 6.61 Å². The molecule has 0 aliphatic heterocycles. The first kappa shape index (κ1) is 22.2. The van der Waals surface area contributed by atoms with Crippen molar-refractivity contribution in [2.45, 2.75) is 63.8 Å². The normalized spacial score (nSPS) is 50.7. The summed E-state index contributed by atoms with van der Waals surface area (Å²) in [6.45, 7) is 4.48. The second-order valence-corrected chi connectivity index (χ2v) is 9.75. The topological polar surface area (TPSA) is 94.8 Å². The predicted octanol–water partition coefficient (Wildman–Crippen LogP) is 2.05. The van der Waals surface area contributed by atoms with Crippen LogP contribution in [0.2, 0.25) is 0 Å². The Morgan fingerprint density at radius 1 is 1.31 bits per heavy atom. The molecule has 0 aromatic heterocycles. The van der Waals surface area contributed by atoms with Crippen LogP contribution in [-0.2, 0) is 9.59 Å². The minimum Gasteiger partial charge on any atom is -0.390 e. The molecule has 0 aromatic carbocycles. The highest BCUT2D eigenvalue weighted by Crippen LogP contribution is 2.70. The summed E-state index contributed by atoms with van der Waals surface area (Å²) in [5.74, 6) is -2.12. The number of rotatable bonds is 2. The van der Waals surface area contributed by atoms with Crippen LogP contribution in [0.3, 0.4) is 0 Å². The molecule has 5 nitrogen and oxygen atoms in total. The van der Waals surface area contributed by atoms with E-state index < -0.39 is 52.4 Å². The maximum atomic E-state index is 16.9. The summed E-state index contributed by atoms with van der Waals surface area (Å²) in [5, 5.41) is 32.0. The highest BCUT2D eigenvalue weighted by Gasteiger charge is 2.75. The van der Waals surface area contributed by atoms with Crippen LogP contribution in [0.25, 0.3) is 0 Å². The molecular formula is C22H30F2O5. The maximum absolute atomic E-state index is 16.9. The van der Waals surface area contributed by atoms with Gasteiger partial charge in [0.2, 0.25) is 0 Å². The van der Waals surface area contributed by atoms with Crippen molar-refractivity contribution < 1.29 is 34.0 Å². The smallest absolute Gasteiger partial charge is 0.190 e. The van der Waals surface area contributed by atoms with E-state index in [-0.39, 0.29) is 22.8 Å². The number of aliphatic hydroxyl groups is 3. The number of carbonyl (C=O) groups excluding carboxylic acids is 2. The van der Waals surface area contributed by atoms with Gasteiger partial charge in [0.25, 0.3) is 0 Å². The quantitative estimate of drug-likeness (QED) is 0.645. The zero-order chi connectivity index (χ0) is 20.7. The van der Waals surface area contributed by atoms with E-state index in [1.165, 1.54) is 12.2 Å². The fourth-order valence-electron chi connectivity index (χ4n) is 7.26. The van der Waals surface area contributed by atoms with E-state index in [4.69, 9.17) is 0 Å². The lowest BCUT2D eigenvalue weighted by atomic mass is 9.44. The molecule has 4 rings (SSSR count). The van der Waals surface area contributed by atoms with Gasteiger partial charge in [0.15, 0.2) is 17.2 Å². The van der Waals surface area contributed by atoms with Crippen molar-refractivity contribution in [3.8, 4) is 0 Å². The molecule has 162 valence electrons. The Labute approximate surface area is 169 Å². The largest absolute Gasteiger partial charge is 0.390 e. The van der Waals surface area contributed by atoms with Crippen molar-refractivity contribution >= 4 is 11.6 Å². The third-order valence-electron chi connectivity index (χ3n) is 8.79. The number of hydrogen-bond acceptors (Lipinski definition) is 5. The molecule has 3 N–H and O–H groups in total. The van der Waals surface area contributed by atoms with Crippen molar-refractivity contribution in [1.82, 2.24) is 0 Å². The third kappa shape index (κ3) is 2.35. The van der Waals surface area contributed by atoms with E-state index >= 15 is 4.39 Å². The van der Waals surface area contributed by atoms with Gasteiger partial charge >= 0.3 is 0 Å². The molecule has 4 aliphatic rings. The first-order valence-electron chi connectivity index (χ1n) is 10.1. The van der Waals surface area contributed by atoms with Crippen LogP contribution >= 0.6 is 0 Å². The van der Waals surface area contributed by atoms with Crippen LogP contribution in [0.4, 0.5) is 9.09 Å². The summed E-state index contributed by atoms with van der Waals surface area (Å²) < 4.78 is 16.9. The van der Waals surface area contributed by atoms with Gasteiger partial charge in [-0.1, -0.05) is 25.5 Å². The predicted molar refractivity (Wildman–Crippen MR) is 102 cm³/mol. The van der Waals surface area contributed by atoms with E-state index in [9.17, 15) is 24.9 Å². The number of aliphatic hydroxyl groups excluding tert-OH is 2. The number of alkyl halides is 1. The van der Waals surface area contributed by atoms with Gasteiger partial charge in [0.1, 0.15) is 12.2 Å². The molecule has 3 fully saturated rings. The molecule has 8 atom stereocenters.